The van der Waals surface area contributed by atoms with Gasteiger partial charge >= 0.3 is 0 Å². The second kappa shape index (κ2) is 4.85. The molecule has 2 aromatic rings. The molecular weight excluding hydrogens is 316 g/mol. The first-order chi connectivity index (χ1) is 8.38. The topological polar surface area (TPSA) is 52.0 Å². The Balaban J connectivity index is 2.30. The molecule has 96 valence electrons. The van der Waals surface area contributed by atoms with Crippen molar-refractivity contribution in [3.05, 3.63) is 46.2 Å². The summed E-state index contributed by atoms with van der Waals surface area (Å²) in [7, 11) is -3.19. The van der Waals surface area contributed by atoms with Crippen molar-refractivity contribution in [2.24, 2.45) is 0 Å². The minimum absolute atomic E-state index is 0.242. The average Bonchev–Trinajstić information content (AvgIpc) is 2.73. The number of hydrogen-bond acceptors (Lipinski definition) is 3. The molecule has 0 saturated carbocycles. The first kappa shape index (κ1) is 13.3. The van der Waals surface area contributed by atoms with Gasteiger partial charge in [0, 0.05) is 16.9 Å². The van der Waals surface area contributed by atoms with Crippen LogP contribution in [0.2, 0.25) is 0 Å². The van der Waals surface area contributed by atoms with Crippen molar-refractivity contribution in [3.63, 3.8) is 0 Å². The maximum Gasteiger partial charge on any atom is 0.178 e. The molecule has 0 saturated heterocycles. The van der Waals surface area contributed by atoms with Gasteiger partial charge in [0.1, 0.15) is 4.90 Å². The predicted molar refractivity (Wildman–Crippen MR) is 73.3 cm³/mol. The van der Waals surface area contributed by atoms with Crippen LogP contribution in [0.5, 0.6) is 0 Å². The van der Waals surface area contributed by atoms with E-state index in [9.17, 15) is 8.42 Å². The van der Waals surface area contributed by atoms with E-state index in [0.717, 1.165) is 15.6 Å². The van der Waals surface area contributed by atoms with Crippen LogP contribution in [0.15, 0.2) is 40.0 Å². The first-order valence-corrected chi connectivity index (χ1v) is 8.03. The molecule has 18 heavy (non-hydrogen) atoms. The summed E-state index contributed by atoms with van der Waals surface area (Å²) in [4.78, 5) is 0.242. The molecule has 0 aliphatic carbocycles. The maximum absolute atomic E-state index is 11.4. The molecule has 0 radical (unpaired) electrons. The summed E-state index contributed by atoms with van der Waals surface area (Å²) in [5.74, 6) is 0. The van der Waals surface area contributed by atoms with Gasteiger partial charge in [-0.25, -0.2) is 8.42 Å². The number of aryl methyl sites for hydroxylation is 1. The molecule has 2 rings (SSSR count). The number of nitrogens with zero attached hydrogens (tertiary/aromatic N) is 2. The number of halogens is 1. The average molecular weight is 329 g/mol. The number of sulfone groups is 1. The van der Waals surface area contributed by atoms with Gasteiger partial charge in [-0.2, -0.15) is 5.10 Å². The van der Waals surface area contributed by atoms with Crippen molar-refractivity contribution in [3.8, 4) is 0 Å². The summed E-state index contributed by atoms with van der Waals surface area (Å²) < 4.78 is 25.4. The smallest absolute Gasteiger partial charge is 0.178 e. The third-order valence-corrected chi connectivity index (χ3v) is 4.84. The van der Waals surface area contributed by atoms with E-state index in [1.165, 1.54) is 12.5 Å². The van der Waals surface area contributed by atoms with Gasteiger partial charge in [-0.05, 0) is 18.1 Å². The van der Waals surface area contributed by atoms with Gasteiger partial charge in [-0.3, -0.25) is 4.68 Å². The van der Waals surface area contributed by atoms with Gasteiger partial charge in [0.25, 0.3) is 0 Å². The zero-order valence-electron chi connectivity index (χ0n) is 10.1. The Hall–Kier alpha value is -1.14. The fourth-order valence-electron chi connectivity index (χ4n) is 1.63. The van der Waals surface area contributed by atoms with E-state index in [1.54, 1.807) is 10.9 Å². The molecule has 6 heteroatoms. The Morgan fingerprint density at radius 1 is 1.39 bits per heavy atom. The highest BCUT2D eigenvalue weighted by molar-refractivity contribution is 9.10. The molecule has 0 N–H and O–H groups in total. The summed E-state index contributed by atoms with van der Waals surface area (Å²) in [5.41, 5.74) is 2.21. The lowest BCUT2D eigenvalue weighted by molar-refractivity contribution is 0.601. The quantitative estimate of drug-likeness (QED) is 0.869. The van der Waals surface area contributed by atoms with Gasteiger partial charge in [-0.15, -0.1) is 0 Å². The molecule has 0 unspecified atom stereocenters. The maximum atomic E-state index is 11.4. The van der Waals surface area contributed by atoms with Gasteiger partial charge in [0.05, 0.1) is 12.7 Å². The molecule has 1 aromatic heterocycles. The Kier molecular flexibility index (Phi) is 3.59. The summed E-state index contributed by atoms with van der Waals surface area (Å²) in [6.45, 7) is 2.55. The summed E-state index contributed by atoms with van der Waals surface area (Å²) in [5, 5.41) is 4.07. The van der Waals surface area contributed by atoms with Crippen LogP contribution in [0.25, 0.3) is 0 Å². The highest BCUT2D eigenvalue weighted by Gasteiger charge is 2.11. The number of hydrogen-bond donors (Lipinski definition) is 0. The molecule has 4 nitrogen and oxygen atoms in total. The van der Waals surface area contributed by atoms with E-state index in [-0.39, 0.29) is 4.90 Å². The molecule has 0 aliphatic rings. The van der Waals surface area contributed by atoms with Crippen LogP contribution in [0.1, 0.15) is 11.1 Å². The van der Waals surface area contributed by atoms with E-state index in [2.05, 4.69) is 21.0 Å². The Bertz CT molecular complexity index is 677. The van der Waals surface area contributed by atoms with E-state index >= 15 is 0 Å². The SMILES string of the molecule is Cc1cccc(Cn2cc(S(C)(=O)=O)cn2)c1Br. The minimum atomic E-state index is -3.19. The minimum Gasteiger partial charge on any atom is -0.267 e. The lowest BCUT2D eigenvalue weighted by Crippen LogP contribution is -2.01. The lowest BCUT2D eigenvalue weighted by atomic mass is 10.1. The number of benzene rings is 1. The standard InChI is InChI=1S/C12H13BrN2O2S/c1-9-4-3-5-10(12(9)13)7-15-8-11(6-14-15)18(2,16)17/h3-6,8H,7H2,1-2H3. The Morgan fingerprint density at radius 3 is 2.72 bits per heavy atom. The molecule has 0 spiro atoms. The third-order valence-electron chi connectivity index (χ3n) is 2.64. The lowest BCUT2D eigenvalue weighted by Gasteiger charge is -2.06. The van der Waals surface area contributed by atoms with Crippen LogP contribution in [-0.4, -0.2) is 24.5 Å². The van der Waals surface area contributed by atoms with Crippen LogP contribution in [0.3, 0.4) is 0 Å². The second-order valence-corrected chi connectivity index (χ2v) is 7.00. The second-order valence-electron chi connectivity index (χ2n) is 4.19. The van der Waals surface area contributed by atoms with Crippen molar-refractivity contribution in [2.45, 2.75) is 18.4 Å². The van der Waals surface area contributed by atoms with Crippen LogP contribution in [-0.2, 0) is 16.4 Å². The highest BCUT2D eigenvalue weighted by Crippen LogP contribution is 2.22. The van der Waals surface area contributed by atoms with Crippen molar-refractivity contribution in [1.29, 1.82) is 0 Å². The van der Waals surface area contributed by atoms with Crippen LogP contribution in [0.4, 0.5) is 0 Å². The largest absolute Gasteiger partial charge is 0.267 e. The van der Waals surface area contributed by atoms with Gasteiger partial charge in [0.2, 0.25) is 0 Å². The van der Waals surface area contributed by atoms with Crippen molar-refractivity contribution < 1.29 is 8.42 Å². The zero-order chi connectivity index (χ0) is 13.3. The molecule has 1 heterocycles. The van der Waals surface area contributed by atoms with E-state index in [0.29, 0.717) is 6.54 Å². The van der Waals surface area contributed by atoms with Crippen molar-refractivity contribution in [1.82, 2.24) is 9.78 Å². The van der Waals surface area contributed by atoms with E-state index < -0.39 is 9.84 Å². The molecule has 1 aromatic carbocycles. The van der Waals surface area contributed by atoms with Crippen LogP contribution >= 0.6 is 15.9 Å². The molecule has 0 fully saturated rings. The van der Waals surface area contributed by atoms with Crippen molar-refractivity contribution in [2.75, 3.05) is 6.26 Å². The molecule has 0 aliphatic heterocycles. The number of rotatable bonds is 3. The van der Waals surface area contributed by atoms with E-state index in [4.69, 9.17) is 0 Å². The van der Waals surface area contributed by atoms with Gasteiger partial charge in [-0.1, -0.05) is 34.1 Å². The highest BCUT2D eigenvalue weighted by atomic mass is 79.9. The first-order valence-electron chi connectivity index (χ1n) is 5.34. The normalized spacial score (nSPS) is 11.7. The zero-order valence-corrected chi connectivity index (χ0v) is 12.5. The van der Waals surface area contributed by atoms with Crippen LogP contribution in [0, 0.1) is 6.92 Å². The summed E-state index contributed by atoms with van der Waals surface area (Å²) in [6, 6.07) is 5.97. The van der Waals surface area contributed by atoms with E-state index in [1.807, 2.05) is 25.1 Å². The molecule has 0 bridgehead atoms. The molecule has 0 amide bonds. The summed E-state index contributed by atoms with van der Waals surface area (Å²) >= 11 is 3.52. The third kappa shape index (κ3) is 2.81. The Morgan fingerprint density at radius 2 is 2.11 bits per heavy atom. The fraction of sp³-hybridized carbons (Fsp3) is 0.250. The Labute approximate surface area is 115 Å². The van der Waals surface area contributed by atoms with Gasteiger partial charge < -0.3 is 0 Å². The summed E-state index contributed by atoms with van der Waals surface area (Å²) in [6.07, 6.45) is 4.10. The van der Waals surface area contributed by atoms with Gasteiger partial charge in [0.15, 0.2) is 9.84 Å². The fourth-order valence-corrected chi connectivity index (χ4v) is 2.57. The monoisotopic (exact) mass is 328 g/mol. The van der Waals surface area contributed by atoms with Crippen LogP contribution < -0.4 is 0 Å². The van der Waals surface area contributed by atoms with Crippen molar-refractivity contribution >= 4 is 25.8 Å². The predicted octanol–water partition coefficient (Wildman–Crippen LogP) is 2.41. The molecular formula is C12H13BrN2O2S. The molecule has 0 atom stereocenters. The number of aromatic nitrogens is 2.